The molecule has 0 aliphatic carbocycles. The van der Waals surface area contributed by atoms with Crippen molar-refractivity contribution in [2.75, 3.05) is 26.3 Å². The summed E-state index contributed by atoms with van der Waals surface area (Å²) in [4.78, 5) is 25.3. The van der Waals surface area contributed by atoms with Gasteiger partial charge in [-0.25, -0.2) is 0 Å². The molecule has 6 heteroatoms. The Kier molecular flexibility index (Phi) is 7.67. The number of hydrogen-bond acceptors (Lipinski definition) is 4. The summed E-state index contributed by atoms with van der Waals surface area (Å²) < 4.78 is 5.26. The smallest absolute Gasteiger partial charge is 0.311 e. The monoisotopic (exact) mass is 300 g/mol. The van der Waals surface area contributed by atoms with Crippen LogP contribution in [0.4, 0.5) is 0 Å². The quantitative estimate of drug-likeness (QED) is 0.665. The third-order valence-electron chi connectivity index (χ3n) is 4.35. The van der Waals surface area contributed by atoms with E-state index in [-0.39, 0.29) is 18.6 Å². The molecule has 1 aliphatic rings. The molecule has 0 aromatic carbocycles. The topological polar surface area (TPSA) is 92.9 Å². The molecule has 0 aromatic rings. The highest BCUT2D eigenvalue weighted by Gasteiger charge is 2.39. The Morgan fingerprint density at radius 1 is 1.33 bits per heavy atom. The number of carbonyl (C=O) groups excluding carboxylic acids is 1. The first kappa shape index (κ1) is 17.9. The molecule has 3 N–H and O–H groups in total. The molecule has 122 valence electrons. The highest BCUT2D eigenvalue weighted by Crippen LogP contribution is 2.22. The van der Waals surface area contributed by atoms with Gasteiger partial charge in [-0.15, -0.1) is 0 Å². The van der Waals surface area contributed by atoms with Crippen molar-refractivity contribution in [2.24, 2.45) is 17.6 Å². The SMILES string of the molecule is CCC(CCN)CCC(=O)N(CC)C1COCC1C(=O)O. The summed E-state index contributed by atoms with van der Waals surface area (Å²) >= 11 is 0. The van der Waals surface area contributed by atoms with E-state index in [9.17, 15) is 14.7 Å². The average molecular weight is 300 g/mol. The molecule has 3 atom stereocenters. The van der Waals surface area contributed by atoms with Crippen molar-refractivity contribution in [3.63, 3.8) is 0 Å². The second-order valence-electron chi connectivity index (χ2n) is 5.62. The number of nitrogens with two attached hydrogens (primary N) is 1. The molecular formula is C15H28N2O4. The summed E-state index contributed by atoms with van der Waals surface area (Å²) in [6, 6.07) is -0.338. The van der Waals surface area contributed by atoms with Crippen LogP contribution in [0, 0.1) is 11.8 Å². The van der Waals surface area contributed by atoms with E-state index in [0.29, 0.717) is 32.0 Å². The van der Waals surface area contributed by atoms with Crippen LogP contribution in [0.2, 0.25) is 0 Å². The summed E-state index contributed by atoms with van der Waals surface area (Å²) in [5.41, 5.74) is 5.57. The van der Waals surface area contributed by atoms with E-state index in [1.165, 1.54) is 0 Å². The number of amides is 1. The third-order valence-corrected chi connectivity index (χ3v) is 4.35. The van der Waals surface area contributed by atoms with Gasteiger partial charge in [-0.05, 0) is 32.2 Å². The number of nitrogens with zero attached hydrogens (tertiary/aromatic N) is 1. The molecular weight excluding hydrogens is 272 g/mol. The van der Waals surface area contributed by atoms with E-state index in [2.05, 4.69) is 6.92 Å². The predicted molar refractivity (Wildman–Crippen MR) is 79.8 cm³/mol. The van der Waals surface area contributed by atoms with Crippen LogP contribution < -0.4 is 5.73 Å². The summed E-state index contributed by atoms with van der Waals surface area (Å²) in [7, 11) is 0. The Morgan fingerprint density at radius 2 is 2.05 bits per heavy atom. The van der Waals surface area contributed by atoms with Crippen LogP contribution in [-0.2, 0) is 14.3 Å². The Bertz CT molecular complexity index is 349. The van der Waals surface area contributed by atoms with Gasteiger partial charge in [0, 0.05) is 13.0 Å². The van der Waals surface area contributed by atoms with Crippen LogP contribution in [0.3, 0.4) is 0 Å². The number of likely N-dealkylation sites (N-methyl/N-ethyl adjacent to an activating group) is 1. The molecule has 0 bridgehead atoms. The molecule has 3 unspecified atom stereocenters. The summed E-state index contributed by atoms with van der Waals surface area (Å²) in [6.45, 7) is 5.65. The number of carboxylic acids is 1. The van der Waals surface area contributed by atoms with Crippen molar-refractivity contribution in [3.05, 3.63) is 0 Å². The first-order valence-electron chi connectivity index (χ1n) is 7.85. The normalized spacial score (nSPS) is 23.0. The van der Waals surface area contributed by atoms with Crippen LogP contribution in [-0.4, -0.2) is 54.2 Å². The first-order chi connectivity index (χ1) is 10.0. The number of carbonyl (C=O) groups is 2. The number of hydrogen-bond donors (Lipinski definition) is 2. The lowest BCUT2D eigenvalue weighted by Gasteiger charge is -2.30. The Morgan fingerprint density at radius 3 is 2.57 bits per heavy atom. The summed E-state index contributed by atoms with van der Waals surface area (Å²) in [5, 5.41) is 9.20. The summed E-state index contributed by atoms with van der Waals surface area (Å²) in [5.74, 6) is -1.01. The van der Waals surface area contributed by atoms with Crippen molar-refractivity contribution in [1.82, 2.24) is 4.90 Å². The molecule has 1 fully saturated rings. The lowest BCUT2D eigenvalue weighted by Crippen LogP contribution is -2.46. The maximum absolute atomic E-state index is 12.4. The van der Waals surface area contributed by atoms with E-state index >= 15 is 0 Å². The zero-order chi connectivity index (χ0) is 15.8. The fourth-order valence-electron chi connectivity index (χ4n) is 2.94. The van der Waals surface area contributed by atoms with E-state index in [1.54, 1.807) is 4.90 Å². The van der Waals surface area contributed by atoms with Gasteiger partial charge in [0.1, 0.15) is 5.92 Å². The van der Waals surface area contributed by atoms with E-state index in [0.717, 1.165) is 19.3 Å². The van der Waals surface area contributed by atoms with E-state index in [4.69, 9.17) is 10.5 Å². The number of ether oxygens (including phenoxy) is 1. The zero-order valence-electron chi connectivity index (χ0n) is 13.1. The van der Waals surface area contributed by atoms with Gasteiger partial charge in [-0.1, -0.05) is 13.3 Å². The fourth-order valence-corrected chi connectivity index (χ4v) is 2.94. The second kappa shape index (κ2) is 9.00. The fraction of sp³-hybridized carbons (Fsp3) is 0.867. The lowest BCUT2D eigenvalue weighted by molar-refractivity contribution is -0.145. The Balaban J connectivity index is 2.58. The van der Waals surface area contributed by atoms with Gasteiger partial charge in [0.05, 0.1) is 19.3 Å². The van der Waals surface area contributed by atoms with Crippen LogP contribution in [0.1, 0.15) is 39.5 Å². The minimum absolute atomic E-state index is 0.0229. The molecule has 0 radical (unpaired) electrons. The lowest BCUT2D eigenvalue weighted by atomic mass is 9.95. The average Bonchev–Trinajstić information content (AvgIpc) is 2.93. The van der Waals surface area contributed by atoms with Crippen molar-refractivity contribution < 1.29 is 19.4 Å². The van der Waals surface area contributed by atoms with Gasteiger partial charge in [0.15, 0.2) is 0 Å². The Labute approximate surface area is 126 Å². The van der Waals surface area contributed by atoms with Gasteiger partial charge >= 0.3 is 5.97 Å². The largest absolute Gasteiger partial charge is 0.481 e. The molecule has 6 nitrogen and oxygen atoms in total. The zero-order valence-corrected chi connectivity index (χ0v) is 13.1. The van der Waals surface area contributed by atoms with Gasteiger partial charge in [0.2, 0.25) is 5.91 Å². The summed E-state index contributed by atoms with van der Waals surface area (Å²) in [6.07, 6.45) is 3.21. The van der Waals surface area contributed by atoms with Crippen molar-refractivity contribution in [1.29, 1.82) is 0 Å². The van der Waals surface area contributed by atoms with Crippen LogP contribution >= 0.6 is 0 Å². The van der Waals surface area contributed by atoms with Gasteiger partial charge < -0.3 is 20.5 Å². The Hall–Kier alpha value is -1.14. The first-order valence-corrected chi connectivity index (χ1v) is 7.85. The molecule has 0 aromatic heterocycles. The molecule has 1 amide bonds. The van der Waals surface area contributed by atoms with E-state index in [1.807, 2.05) is 6.92 Å². The van der Waals surface area contributed by atoms with Crippen LogP contribution in [0.15, 0.2) is 0 Å². The number of rotatable bonds is 9. The minimum atomic E-state index is -0.890. The predicted octanol–water partition coefficient (Wildman–Crippen LogP) is 1.09. The van der Waals surface area contributed by atoms with Crippen molar-refractivity contribution in [2.45, 2.75) is 45.6 Å². The van der Waals surface area contributed by atoms with E-state index < -0.39 is 11.9 Å². The molecule has 0 spiro atoms. The molecule has 1 aliphatic heterocycles. The molecule has 1 saturated heterocycles. The third kappa shape index (κ3) is 4.97. The van der Waals surface area contributed by atoms with Crippen LogP contribution in [0.5, 0.6) is 0 Å². The molecule has 1 heterocycles. The number of carboxylic acid groups (broad SMARTS) is 1. The highest BCUT2D eigenvalue weighted by molar-refractivity contribution is 5.78. The van der Waals surface area contributed by atoms with Gasteiger partial charge in [-0.2, -0.15) is 0 Å². The molecule has 0 saturated carbocycles. The van der Waals surface area contributed by atoms with Crippen LogP contribution in [0.25, 0.3) is 0 Å². The molecule has 21 heavy (non-hydrogen) atoms. The van der Waals surface area contributed by atoms with Gasteiger partial charge in [-0.3, -0.25) is 9.59 Å². The highest BCUT2D eigenvalue weighted by atomic mass is 16.5. The standard InChI is InChI=1S/C15H28N2O4/c1-3-11(7-8-16)5-6-14(18)17(4-2)13-10-21-9-12(13)15(19)20/h11-13H,3-10,16H2,1-2H3,(H,19,20). The number of aliphatic carboxylic acids is 1. The second-order valence-corrected chi connectivity index (χ2v) is 5.62. The molecule has 1 rings (SSSR count). The maximum Gasteiger partial charge on any atom is 0.311 e. The minimum Gasteiger partial charge on any atom is -0.481 e. The maximum atomic E-state index is 12.4. The van der Waals surface area contributed by atoms with Crippen molar-refractivity contribution >= 4 is 11.9 Å². The van der Waals surface area contributed by atoms with Crippen molar-refractivity contribution in [3.8, 4) is 0 Å². The van der Waals surface area contributed by atoms with Gasteiger partial charge in [0.25, 0.3) is 0 Å².